The molecular weight excluding hydrogens is 1720 g/mol. The number of fused-ring (bicyclic) bond motifs is 18. The normalized spacial score (nSPS) is 16.8. The molecule has 0 amide bonds. The summed E-state index contributed by atoms with van der Waals surface area (Å²) >= 11 is 0. The van der Waals surface area contributed by atoms with Crippen LogP contribution >= 0.6 is 0 Å². The summed E-state index contributed by atoms with van der Waals surface area (Å²) in [6, 6.07) is 48.0. The number of rotatable bonds is 0. The lowest BCUT2D eigenvalue weighted by molar-refractivity contribution is -0.735. The number of benzene rings is 8. The van der Waals surface area contributed by atoms with Gasteiger partial charge in [-0.1, -0.05) is 330 Å². The third kappa shape index (κ3) is 12.9. The quantitative estimate of drug-likeness (QED) is 0.112. The zero-order valence-electron chi connectivity index (χ0n) is 93.5. The second-order valence-corrected chi connectivity index (χ2v) is 52.7. The Morgan fingerprint density at radius 3 is 0.986 bits per heavy atom. The third-order valence-electron chi connectivity index (χ3n) is 37.4. The van der Waals surface area contributed by atoms with Gasteiger partial charge in [-0.05, 0) is 154 Å². The van der Waals surface area contributed by atoms with Gasteiger partial charge < -0.3 is 0 Å². The van der Waals surface area contributed by atoms with Crippen LogP contribution in [0.4, 0.5) is 0 Å². The Labute approximate surface area is 837 Å². The zero-order valence-corrected chi connectivity index (χ0v) is 93.5. The van der Waals surface area contributed by atoms with E-state index in [2.05, 4.69) is 514 Å². The lowest BCUT2D eigenvalue weighted by Gasteiger charge is -2.43. The van der Waals surface area contributed by atoms with Gasteiger partial charge in [-0.25, -0.2) is 18.3 Å². The number of pyridine rings is 7. The van der Waals surface area contributed by atoms with Crippen molar-refractivity contribution in [2.24, 2.45) is 35.2 Å². The van der Waals surface area contributed by atoms with Crippen molar-refractivity contribution in [2.75, 3.05) is 0 Å². The number of para-hydroxylation sites is 2. The fraction of sp³-hybridized carbons (Fsp3) is 0.434. The average molecular weight is 1880 g/mol. The number of nitrogens with zero attached hydrogens (tertiary/aromatic N) is 12. The van der Waals surface area contributed by atoms with Crippen molar-refractivity contribution in [1.82, 2.24) is 32.1 Å². The van der Waals surface area contributed by atoms with Crippen molar-refractivity contribution >= 4 is 137 Å². The summed E-state index contributed by atoms with van der Waals surface area (Å²) in [6.07, 6.45) is 15.8. The Balaban J connectivity index is 0.000000108. The van der Waals surface area contributed by atoms with E-state index in [1.165, 1.54) is 238 Å². The van der Waals surface area contributed by atoms with Gasteiger partial charge >= 0.3 is 0 Å². The predicted molar refractivity (Wildman–Crippen MR) is 594 cm³/mol. The molecule has 0 spiro atoms. The molecule has 0 saturated carbocycles. The molecule has 0 aliphatic carbocycles. The predicted octanol–water partition coefficient (Wildman–Crippen LogP) is 29.1. The van der Waals surface area contributed by atoms with E-state index >= 15 is 0 Å². The van der Waals surface area contributed by atoms with Crippen LogP contribution in [0.25, 0.3) is 137 Å². The molecule has 0 fully saturated rings. The number of hydrogen-bond acceptors (Lipinski definition) is 2. The summed E-state index contributed by atoms with van der Waals surface area (Å²) < 4.78 is 24.1. The van der Waals surface area contributed by atoms with Gasteiger partial charge in [0.05, 0.1) is 66.2 Å². The van der Waals surface area contributed by atoms with Crippen LogP contribution in [0, 0.1) is 48.5 Å². The maximum Gasteiger partial charge on any atom is 0.296 e. The van der Waals surface area contributed by atoms with E-state index < -0.39 is 0 Å². The highest BCUT2D eigenvalue weighted by Gasteiger charge is 2.56. The van der Waals surface area contributed by atoms with Crippen LogP contribution in [0.2, 0.25) is 0 Å². The van der Waals surface area contributed by atoms with E-state index in [4.69, 9.17) is 9.97 Å². The molecule has 12 aromatic heterocycles. The first-order valence-electron chi connectivity index (χ1n) is 51.9. The molecule has 8 aromatic carbocycles. The van der Waals surface area contributed by atoms with E-state index in [-0.39, 0.29) is 70.4 Å². The molecule has 0 bridgehead atoms. The molecule has 24 rings (SSSR count). The second-order valence-electron chi connectivity index (χ2n) is 52.7. The SMILES string of the molecule is Cc1c(C(C)(C)C)ccc2c3cccc4c3n3c(c[n+](C)c3c12)C(C)(C)C4(C)C.Cc1c(C(C)(C)C)ccc2c3ccccc3c3cc[n+](C)n3c12.Cc1c(C(C)(C)C)cnc2c3cccc4c3n3c(c[n+](C)c3c12)C(C)(C)C4(C)C.Cc1ccc2c3c1c1ccc(C(C)(C)C)c(C)c1c1n3c(c[n+]1C)C(C)(C)C2(C)C.Cc1ccc2c3c1c1ncc(C(C)(C)C)c(C)c1c1n3c(c[n+]1C)C(C)(C)C2(C)C. The van der Waals surface area contributed by atoms with Gasteiger partial charge in [0.1, 0.15) is 57.9 Å². The Bertz CT molecular complexity index is 8490. The number of imidazole rings is 4. The molecule has 0 unspecified atom stereocenters. The van der Waals surface area contributed by atoms with Gasteiger partial charge in [0.15, 0.2) is 36.0 Å². The Hall–Kier alpha value is -11.9. The lowest BCUT2D eigenvalue weighted by Crippen LogP contribution is -2.44. The summed E-state index contributed by atoms with van der Waals surface area (Å²) in [5.74, 6) is 0. The molecule has 20 aromatic rings. The Morgan fingerprint density at radius 2 is 0.560 bits per heavy atom. The van der Waals surface area contributed by atoms with Gasteiger partial charge in [0.2, 0.25) is 0 Å². The molecule has 16 heterocycles. The van der Waals surface area contributed by atoms with Crippen molar-refractivity contribution in [3.05, 3.63) is 283 Å². The minimum atomic E-state index is 0.00299. The number of aryl methyl sites for hydroxylation is 12. The summed E-state index contributed by atoms with van der Waals surface area (Å²) in [4.78, 5) is 10.2. The molecule has 4 aliphatic rings. The summed E-state index contributed by atoms with van der Waals surface area (Å²) in [5, 5.41) is 17.4. The van der Waals surface area contributed by atoms with Crippen molar-refractivity contribution in [3.63, 3.8) is 0 Å². The lowest BCUT2D eigenvalue weighted by atomic mass is 9.60. The van der Waals surface area contributed by atoms with Gasteiger partial charge in [-0.15, -0.1) is 9.20 Å². The van der Waals surface area contributed by atoms with E-state index in [1.807, 2.05) is 0 Å². The van der Waals surface area contributed by atoms with Crippen LogP contribution < -0.4 is 23.0 Å². The maximum atomic E-state index is 5.12. The molecule has 4 aliphatic heterocycles. The summed E-state index contributed by atoms with van der Waals surface area (Å²) in [6.45, 7) is 88.8. The standard InChI is InChI=1S/C28H35N2.C27H34N3.C27H33N2.C26H32N3.C21H23N2/c1-16-11-13-20-24-22(16)18-12-14-19(26(3,4)5)17(2)23(18)25-29(10)15-21(30(24)25)28(8,9)27(20,6)7;1-15-11-12-17-23-20(15)22-21(16(2)18(13-28-22)25(3,4)5)24-29(10)14-19(30(23)24)27(8,9)26(17,6)7;1-16-19(25(2,3)4)14-13-17-18-11-10-12-20-23(18)29-21(27(7,8)26(20,5)6)15-28(9)24(29)22(16)17;1-15-18(24(2,3)4)13-27-21-16-11-10-12-17-22(16)29-19(26(7,8)25(17,5)6)14-28(9)23(29)20(15)21;1-14-18(21(2,3)4)11-10-17-15-8-6-7-9-16(15)19-12-13-22(5)23(19)20(14)17/h11-15H,1-10H3;11-14H,1-10H3;10-15H,1-9H3;10-14H,1-9H3;6-13H,1-5H3/q5*+1. The molecule has 0 N–H and O–H groups in total. The molecule has 12 heteroatoms. The first-order valence-corrected chi connectivity index (χ1v) is 51.9. The van der Waals surface area contributed by atoms with Crippen molar-refractivity contribution in [3.8, 4) is 0 Å². The highest BCUT2D eigenvalue weighted by Crippen LogP contribution is 2.58. The molecule has 0 atom stereocenters. The molecule has 12 nitrogen and oxygen atoms in total. The average Bonchev–Trinajstić information content (AvgIpc) is 1.59. The van der Waals surface area contributed by atoms with Crippen LogP contribution in [-0.4, -0.2) is 32.1 Å². The van der Waals surface area contributed by atoms with E-state index in [0.717, 1.165) is 11.0 Å². The zero-order chi connectivity index (χ0) is 102. The minimum Gasteiger partial charge on any atom is -0.255 e. The van der Waals surface area contributed by atoms with E-state index in [0.29, 0.717) is 0 Å². The van der Waals surface area contributed by atoms with Crippen LogP contribution in [0.15, 0.2) is 171 Å². The van der Waals surface area contributed by atoms with Crippen molar-refractivity contribution in [1.29, 1.82) is 0 Å². The highest BCUT2D eigenvalue weighted by atomic mass is 15.3. The number of aromatic nitrogens is 12. The van der Waals surface area contributed by atoms with E-state index in [9.17, 15) is 0 Å². The monoisotopic (exact) mass is 1870 g/mol. The van der Waals surface area contributed by atoms with Crippen LogP contribution in [-0.2, 0) is 106 Å². The van der Waals surface area contributed by atoms with Crippen LogP contribution in [0.1, 0.15) is 326 Å². The largest absolute Gasteiger partial charge is 0.296 e. The summed E-state index contributed by atoms with van der Waals surface area (Å²) in [5.41, 5.74) is 44.0. The highest BCUT2D eigenvalue weighted by molar-refractivity contribution is 6.19. The molecule has 0 saturated heterocycles. The third-order valence-corrected chi connectivity index (χ3v) is 37.4. The van der Waals surface area contributed by atoms with Crippen LogP contribution in [0.5, 0.6) is 0 Å². The van der Waals surface area contributed by atoms with E-state index in [1.54, 1.807) is 0 Å². The minimum absolute atomic E-state index is 0.00299. The fourth-order valence-corrected chi connectivity index (χ4v) is 26.9. The fourth-order valence-electron chi connectivity index (χ4n) is 26.9. The Morgan fingerprint density at radius 1 is 0.248 bits per heavy atom. The topological polar surface area (TPSA) is 67.2 Å². The molecule has 0 radical (unpaired) electrons. The second kappa shape index (κ2) is 30.4. The van der Waals surface area contributed by atoms with Gasteiger partial charge in [-0.2, -0.15) is 17.6 Å². The molecule has 141 heavy (non-hydrogen) atoms. The van der Waals surface area contributed by atoms with Gasteiger partial charge in [0.25, 0.3) is 22.6 Å². The molecular formula is C129H157N12+5. The molecule has 728 valence electrons. The first kappa shape index (κ1) is 96.6. The number of hydrogen-bond donors (Lipinski definition) is 0. The van der Waals surface area contributed by atoms with Crippen molar-refractivity contribution in [2.45, 2.75) is 333 Å². The Kier molecular flexibility index (Phi) is 20.8. The first-order chi connectivity index (χ1) is 65.3. The van der Waals surface area contributed by atoms with Gasteiger partial charge in [-0.3, -0.25) is 9.97 Å². The smallest absolute Gasteiger partial charge is 0.255 e. The summed E-state index contributed by atoms with van der Waals surface area (Å²) in [7, 11) is 10.9. The van der Waals surface area contributed by atoms with Crippen molar-refractivity contribution < 1.29 is 23.0 Å². The maximum absolute atomic E-state index is 5.12. The van der Waals surface area contributed by atoms with Gasteiger partial charge in [0, 0.05) is 122 Å². The van der Waals surface area contributed by atoms with Crippen LogP contribution in [0.3, 0.4) is 0 Å².